The fraction of sp³-hybridized carbons (Fsp3) is 0.350. The maximum absolute atomic E-state index is 13.4. The van der Waals surface area contributed by atoms with Gasteiger partial charge in [-0.1, -0.05) is 18.2 Å². The topological polar surface area (TPSA) is 65.9 Å². The van der Waals surface area contributed by atoms with E-state index in [2.05, 4.69) is 15.6 Å². The quantitative estimate of drug-likeness (QED) is 0.214. The zero-order valence-corrected chi connectivity index (χ0v) is 18.8. The van der Waals surface area contributed by atoms with Gasteiger partial charge in [-0.05, 0) is 36.2 Å². The molecule has 30 heavy (non-hydrogen) atoms. The van der Waals surface area contributed by atoms with Gasteiger partial charge in [-0.2, -0.15) is 13.2 Å². The molecule has 0 aromatic heterocycles. The van der Waals surface area contributed by atoms with Gasteiger partial charge in [-0.15, -0.1) is 24.0 Å². The number of aliphatic hydroxyl groups excluding tert-OH is 1. The van der Waals surface area contributed by atoms with Crippen LogP contribution in [-0.2, 0) is 19.7 Å². The summed E-state index contributed by atoms with van der Waals surface area (Å²) in [4.78, 5) is 4.06. The van der Waals surface area contributed by atoms with Crippen LogP contribution in [0.5, 0.6) is 5.75 Å². The third-order valence-corrected chi connectivity index (χ3v) is 4.02. The minimum atomic E-state index is -4.42. The van der Waals surface area contributed by atoms with Crippen molar-refractivity contribution in [2.75, 3.05) is 13.7 Å². The molecule has 0 unspecified atom stereocenters. The predicted octanol–water partition coefficient (Wildman–Crippen LogP) is 4.05. The first-order chi connectivity index (χ1) is 13.7. The molecule has 2 aromatic carbocycles. The highest BCUT2D eigenvalue weighted by Gasteiger charge is 2.28. The Morgan fingerprint density at radius 2 is 1.77 bits per heavy atom. The number of aliphatic imine (C=N–C) groups is 1. The van der Waals surface area contributed by atoms with Crippen LogP contribution in [0.2, 0.25) is 0 Å². The average molecular weight is 541 g/mol. The first-order valence-electron chi connectivity index (χ1n) is 8.83. The Bertz CT molecular complexity index is 860. The van der Waals surface area contributed by atoms with Crippen molar-refractivity contribution in [3.8, 4) is 5.75 Å². The van der Waals surface area contributed by atoms with Crippen molar-refractivity contribution in [1.29, 1.82) is 0 Å². The summed E-state index contributed by atoms with van der Waals surface area (Å²) >= 11 is 0. The summed E-state index contributed by atoms with van der Waals surface area (Å²) in [6, 6.07) is 9.41. The fourth-order valence-electron chi connectivity index (χ4n) is 2.55. The summed E-state index contributed by atoms with van der Waals surface area (Å²) in [6.45, 7) is 0.507. The molecule has 0 radical (unpaired) electrons. The van der Waals surface area contributed by atoms with Crippen LogP contribution in [0.15, 0.2) is 41.4 Å². The summed E-state index contributed by atoms with van der Waals surface area (Å²) in [5, 5.41) is 15.2. The predicted molar refractivity (Wildman–Crippen MR) is 118 cm³/mol. The largest absolute Gasteiger partial charge is 0.484 e. The van der Waals surface area contributed by atoms with E-state index in [1.54, 1.807) is 44.3 Å². The van der Waals surface area contributed by atoms with Crippen molar-refractivity contribution in [3.63, 3.8) is 0 Å². The number of rotatable bonds is 7. The number of hydrogen-bond acceptors (Lipinski definition) is 3. The first kappa shape index (κ1) is 26.0. The molecule has 0 saturated heterocycles. The Morgan fingerprint density at radius 3 is 2.40 bits per heavy atom. The van der Waals surface area contributed by atoms with Gasteiger partial charge in [0.25, 0.3) is 0 Å². The number of nitrogens with zero attached hydrogens (tertiary/aromatic N) is 1. The molecule has 0 fully saturated rings. The number of ether oxygens (including phenoxy) is 1. The van der Waals surface area contributed by atoms with E-state index in [1.807, 2.05) is 0 Å². The van der Waals surface area contributed by atoms with E-state index in [4.69, 9.17) is 9.84 Å². The lowest BCUT2D eigenvalue weighted by atomic mass is 10.1. The van der Waals surface area contributed by atoms with Crippen LogP contribution in [-0.4, -0.2) is 30.9 Å². The van der Waals surface area contributed by atoms with Gasteiger partial charge in [0, 0.05) is 31.3 Å². The van der Waals surface area contributed by atoms with E-state index in [0.717, 1.165) is 11.1 Å². The normalized spacial score (nSPS) is 11.6. The van der Waals surface area contributed by atoms with Gasteiger partial charge in [0.1, 0.15) is 11.6 Å². The molecule has 0 aliphatic heterocycles. The van der Waals surface area contributed by atoms with Crippen LogP contribution < -0.4 is 15.4 Å². The molecule has 0 spiro atoms. The summed E-state index contributed by atoms with van der Waals surface area (Å²) in [6.07, 6.45) is -4.42. The molecule has 3 N–H and O–H groups in total. The third kappa shape index (κ3) is 8.34. The molecule has 2 rings (SSSR count). The van der Waals surface area contributed by atoms with E-state index in [1.165, 1.54) is 6.07 Å². The molecule has 2 aromatic rings. The lowest BCUT2D eigenvalue weighted by Crippen LogP contribution is -2.36. The van der Waals surface area contributed by atoms with Gasteiger partial charge in [0.15, 0.2) is 12.6 Å². The fourth-order valence-corrected chi connectivity index (χ4v) is 2.55. The van der Waals surface area contributed by atoms with Gasteiger partial charge in [0.2, 0.25) is 0 Å². The molecule has 0 aliphatic rings. The SMILES string of the molecule is CN=C(NCc1ccc(F)c(CO)c1)NCc1ccc(C)cc1OCC(F)(F)F.I. The monoisotopic (exact) mass is 541 g/mol. The molecule has 0 heterocycles. The summed E-state index contributed by atoms with van der Waals surface area (Å²) in [5.74, 6) is 0.0723. The maximum Gasteiger partial charge on any atom is 0.422 e. The van der Waals surface area contributed by atoms with E-state index >= 15 is 0 Å². The Labute approximate surface area is 189 Å². The van der Waals surface area contributed by atoms with Gasteiger partial charge < -0.3 is 20.5 Å². The minimum absolute atomic E-state index is 0. The molecule has 0 atom stereocenters. The van der Waals surface area contributed by atoms with E-state index in [0.29, 0.717) is 18.1 Å². The van der Waals surface area contributed by atoms with E-state index in [9.17, 15) is 17.6 Å². The highest BCUT2D eigenvalue weighted by atomic mass is 127. The lowest BCUT2D eigenvalue weighted by Gasteiger charge is -2.16. The summed E-state index contributed by atoms with van der Waals surface area (Å²) < 4.78 is 55.8. The number of aryl methyl sites for hydroxylation is 1. The molecular weight excluding hydrogens is 517 g/mol. The number of alkyl halides is 3. The number of halogens is 5. The van der Waals surface area contributed by atoms with Crippen molar-refractivity contribution >= 4 is 29.9 Å². The van der Waals surface area contributed by atoms with Crippen molar-refractivity contribution in [2.24, 2.45) is 4.99 Å². The third-order valence-electron chi connectivity index (χ3n) is 4.02. The van der Waals surface area contributed by atoms with Crippen LogP contribution in [0.1, 0.15) is 22.3 Å². The van der Waals surface area contributed by atoms with Crippen molar-refractivity contribution in [2.45, 2.75) is 32.8 Å². The number of benzene rings is 2. The molecule has 0 aliphatic carbocycles. The second-order valence-corrected chi connectivity index (χ2v) is 6.38. The summed E-state index contributed by atoms with van der Waals surface area (Å²) in [7, 11) is 1.55. The zero-order chi connectivity index (χ0) is 21.4. The first-order valence-corrected chi connectivity index (χ1v) is 8.83. The van der Waals surface area contributed by atoms with E-state index < -0.39 is 25.2 Å². The molecule has 0 amide bonds. The van der Waals surface area contributed by atoms with Gasteiger partial charge in [-0.25, -0.2) is 4.39 Å². The van der Waals surface area contributed by atoms with Crippen molar-refractivity contribution < 1.29 is 27.4 Å². The number of nitrogens with one attached hydrogen (secondary N) is 2. The van der Waals surface area contributed by atoms with Crippen molar-refractivity contribution in [3.05, 3.63) is 64.5 Å². The standard InChI is InChI=1S/C20H23F4N3O2.HI/c1-13-3-5-15(18(7-13)29-12-20(22,23)24)10-27-19(25-2)26-9-14-4-6-17(21)16(8-14)11-28;/h3-8,28H,9-12H2,1-2H3,(H2,25,26,27);1H. The second kappa shape index (κ2) is 11.9. The molecule has 0 saturated carbocycles. The molecule has 0 bridgehead atoms. The number of hydrogen-bond donors (Lipinski definition) is 3. The molecule has 5 nitrogen and oxygen atoms in total. The van der Waals surface area contributed by atoms with Crippen LogP contribution >= 0.6 is 24.0 Å². The van der Waals surface area contributed by atoms with Crippen LogP contribution in [0, 0.1) is 12.7 Å². The number of guanidine groups is 1. The Kier molecular flexibility index (Phi) is 10.3. The van der Waals surface area contributed by atoms with Gasteiger partial charge >= 0.3 is 6.18 Å². The van der Waals surface area contributed by atoms with Gasteiger partial charge in [-0.3, -0.25) is 4.99 Å². The Morgan fingerprint density at radius 1 is 1.07 bits per heavy atom. The molecule has 10 heteroatoms. The zero-order valence-electron chi connectivity index (χ0n) is 16.5. The highest BCUT2D eigenvalue weighted by molar-refractivity contribution is 14.0. The molecule has 166 valence electrons. The second-order valence-electron chi connectivity index (χ2n) is 6.38. The summed E-state index contributed by atoms with van der Waals surface area (Å²) in [5.41, 5.74) is 2.26. The average Bonchev–Trinajstić information content (AvgIpc) is 2.68. The highest BCUT2D eigenvalue weighted by Crippen LogP contribution is 2.23. The Hall–Kier alpha value is -2.08. The van der Waals surface area contributed by atoms with Crippen LogP contribution in [0.3, 0.4) is 0 Å². The lowest BCUT2D eigenvalue weighted by molar-refractivity contribution is -0.153. The van der Waals surface area contributed by atoms with Crippen LogP contribution in [0.25, 0.3) is 0 Å². The van der Waals surface area contributed by atoms with Crippen molar-refractivity contribution in [1.82, 2.24) is 10.6 Å². The number of aliphatic hydroxyl groups is 1. The molecular formula is C20H24F4IN3O2. The van der Waals surface area contributed by atoms with Crippen LogP contribution in [0.4, 0.5) is 17.6 Å². The maximum atomic E-state index is 13.4. The van der Waals surface area contributed by atoms with Gasteiger partial charge in [0.05, 0.1) is 6.61 Å². The van der Waals surface area contributed by atoms with E-state index in [-0.39, 0.29) is 41.8 Å². The smallest absolute Gasteiger partial charge is 0.422 e. The Balaban J connectivity index is 0.00000450. The minimum Gasteiger partial charge on any atom is -0.484 e.